The number of nitrogens with one attached hydrogen (secondary N) is 2. The Labute approximate surface area is 151 Å². The number of hydrogen-bond acceptors (Lipinski definition) is 6. The summed E-state index contributed by atoms with van der Waals surface area (Å²) in [6, 6.07) is 7.18. The van der Waals surface area contributed by atoms with Crippen LogP contribution in [0.1, 0.15) is 23.8 Å². The van der Waals surface area contributed by atoms with Crippen LogP contribution in [0.2, 0.25) is 0 Å². The first-order valence-corrected chi connectivity index (χ1v) is 9.37. The Balaban J connectivity index is 1.82. The quantitative estimate of drug-likeness (QED) is 0.824. The van der Waals surface area contributed by atoms with Gasteiger partial charge in [0, 0.05) is 19.2 Å². The van der Waals surface area contributed by atoms with Gasteiger partial charge in [-0.25, -0.2) is 0 Å². The molecule has 2 atom stereocenters. The molecule has 0 radical (unpaired) electrons. The van der Waals surface area contributed by atoms with Crippen molar-refractivity contribution in [3.05, 3.63) is 41.7 Å². The zero-order valence-electron chi connectivity index (χ0n) is 14.6. The van der Waals surface area contributed by atoms with E-state index in [-0.39, 0.29) is 12.2 Å². The maximum absolute atomic E-state index is 12.6. The van der Waals surface area contributed by atoms with E-state index in [4.69, 9.17) is 9.26 Å². The molecule has 1 amide bonds. The van der Waals surface area contributed by atoms with E-state index in [1.165, 1.54) is 7.05 Å². The molecule has 3 rings (SSSR count). The molecular formula is C16H20N4O5S. The number of hydrogen-bond donors (Lipinski definition) is 2. The molecule has 1 aliphatic rings. The molecule has 1 saturated heterocycles. The van der Waals surface area contributed by atoms with Crippen molar-refractivity contribution in [2.45, 2.75) is 25.4 Å². The fraction of sp³-hybridized carbons (Fsp3) is 0.375. The van der Waals surface area contributed by atoms with Crippen LogP contribution in [0.15, 0.2) is 34.9 Å². The molecule has 1 aliphatic heterocycles. The first-order chi connectivity index (χ1) is 12.3. The van der Waals surface area contributed by atoms with E-state index in [2.05, 4.69) is 15.2 Å². The molecule has 2 aromatic rings. The predicted octanol–water partition coefficient (Wildman–Crippen LogP) is 1.21. The van der Waals surface area contributed by atoms with E-state index in [1.54, 1.807) is 44.4 Å². The Hall–Kier alpha value is -2.43. The number of ether oxygens (including phenoxy) is 1. The van der Waals surface area contributed by atoms with Gasteiger partial charge in [-0.15, -0.1) is 0 Å². The maximum atomic E-state index is 12.6. The number of benzene rings is 1. The summed E-state index contributed by atoms with van der Waals surface area (Å²) in [5.74, 6) is 0.991. The van der Waals surface area contributed by atoms with E-state index in [9.17, 15) is 13.2 Å². The van der Waals surface area contributed by atoms with Crippen molar-refractivity contribution < 1.29 is 22.5 Å². The lowest BCUT2D eigenvalue weighted by atomic mass is 9.99. The average molecular weight is 380 g/mol. The van der Waals surface area contributed by atoms with Crippen molar-refractivity contribution in [3.63, 3.8) is 0 Å². The third-order valence-electron chi connectivity index (χ3n) is 4.27. The minimum atomic E-state index is -3.81. The number of methoxy groups -OCH3 is 1. The molecule has 0 bridgehead atoms. The van der Waals surface area contributed by atoms with Crippen LogP contribution in [0, 0.1) is 6.92 Å². The van der Waals surface area contributed by atoms with Crippen molar-refractivity contribution in [1.82, 2.24) is 14.2 Å². The van der Waals surface area contributed by atoms with Crippen LogP contribution >= 0.6 is 0 Å². The number of anilines is 1. The third kappa shape index (κ3) is 3.71. The summed E-state index contributed by atoms with van der Waals surface area (Å²) in [4.78, 5) is 12.6. The highest BCUT2D eigenvalue weighted by Gasteiger charge is 2.40. The van der Waals surface area contributed by atoms with Gasteiger partial charge in [0.05, 0.1) is 7.11 Å². The van der Waals surface area contributed by atoms with Crippen LogP contribution in [-0.2, 0) is 15.0 Å². The van der Waals surface area contributed by atoms with E-state index >= 15 is 0 Å². The van der Waals surface area contributed by atoms with E-state index in [0.29, 0.717) is 11.5 Å². The fourth-order valence-corrected chi connectivity index (χ4v) is 4.07. The SMILES string of the molecule is COc1ccc([C@@H]2C[C@H](C(=O)Nc3cc(C)on3)N(C)S(=O)(=O)N2)cc1. The maximum Gasteiger partial charge on any atom is 0.280 e. The lowest BCUT2D eigenvalue weighted by Gasteiger charge is -2.36. The molecule has 2 N–H and O–H groups in total. The number of amides is 1. The monoisotopic (exact) mass is 380 g/mol. The second-order valence-corrected chi connectivity index (χ2v) is 7.79. The summed E-state index contributed by atoms with van der Waals surface area (Å²) >= 11 is 0. The molecular weight excluding hydrogens is 360 g/mol. The summed E-state index contributed by atoms with van der Waals surface area (Å²) in [7, 11) is -0.888. The number of rotatable bonds is 4. The second kappa shape index (κ2) is 7.06. The van der Waals surface area contributed by atoms with Gasteiger partial charge >= 0.3 is 0 Å². The number of aryl methyl sites for hydroxylation is 1. The van der Waals surface area contributed by atoms with Gasteiger partial charge in [0.15, 0.2) is 5.82 Å². The first-order valence-electron chi connectivity index (χ1n) is 7.93. The van der Waals surface area contributed by atoms with Crippen LogP contribution < -0.4 is 14.8 Å². The van der Waals surface area contributed by atoms with Gasteiger partial charge in [-0.3, -0.25) is 4.79 Å². The normalized spacial score (nSPS) is 22.7. The Morgan fingerprint density at radius 1 is 1.38 bits per heavy atom. The van der Waals surface area contributed by atoms with Crippen molar-refractivity contribution in [2.24, 2.45) is 0 Å². The van der Waals surface area contributed by atoms with Crippen molar-refractivity contribution in [2.75, 3.05) is 19.5 Å². The van der Waals surface area contributed by atoms with Gasteiger partial charge in [-0.2, -0.15) is 17.4 Å². The topological polar surface area (TPSA) is 114 Å². The van der Waals surface area contributed by atoms with Crippen LogP contribution in [0.25, 0.3) is 0 Å². The molecule has 1 aromatic carbocycles. The molecule has 1 fully saturated rings. The molecule has 2 heterocycles. The molecule has 10 heteroatoms. The third-order valence-corrected chi connectivity index (χ3v) is 5.86. The van der Waals surface area contributed by atoms with Gasteiger partial charge in [0.25, 0.3) is 10.2 Å². The minimum Gasteiger partial charge on any atom is -0.497 e. The molecule has 0 aliphatic carbocycles. The molecule has 26 heavy (non-hydrogen) atoms. The van der Waals surface area contributed by atoms with E-state index in [1.807, 2.05) is 0 Å². The summed E-state index contributed by atoms with van der Waals surface area (Å²) in [5.41, 5.74) is 0.748. The molecule has 9 nitrogen and oxygen atoms in total. The van der Waals surface area contributed by atoms with Crippen LogP contribution in [0.4, 0.5) is 5.82 Å². The van der Waals surface area contributed by atoms with Crippen molar-refractivity contribution in [1.29, 1.82) is 0 Å². The van der Waals surface area contributed by atoms with Gasteiger partial charge in [0.2, 0.25) is 5.91 Å². The van der Waals surface area contributed by atoms with Gasteiger partial charge < -0.3 is 14.6 Å². The zero-order valence-corrected chi connectivity index (χ0v) is 15.4. The van der Waals surface area contributed by atoms with E-state index in [0.717, 1.165) is 9.87 Å². The summed E-state index contributed by atoms with van der Waals surface area (Å²) in [6.45, 7) is 1.70. The lowest BCUT2D eigenvalue weighted by Crippen LogP contribution is -2.55. The smallest absolute Gasteiger partial charge is 0.280 e. The summed E-state index contributed by atoms with van der Waals surface area (Å²) in [5, 5.41) is 6.30. The fourth-order valence-electron chi connectivity index (χ4n) is 2.80. The van der Waals surface area contributed by atoms with Gasteiger partial charge in [0.1, 0.15) is 17.6 Å². The number of likely N-dealkylation sites (N-methyl/N-ethyl adjacent to an activating group) is 1. The largest absolute Gasteiger partial charge is 0.497 e. The molecule has 0 unspecified atom stereocenters. The second-order valence-electron chi connectivity index (χ2n) is 6.03. The zero-order chi connectivity index (χ0) is 18.9. The number of nitrogens with zero attached hydrogens (tertiary/aromatic N) is 2. The molecule has 140 valence electrons. The first kappa shape index (κ1) is 18.4. The highest BCUT2D eigenvalue weighted by Crippen LogP contribution is 2.29. The standard InChI is InChI=1S/C16H20N4O5S/c1-10-8-15(18-25-10)17-16(21)14-9-13(19-26(22,23)20(14)2)11-4-6-12(24-3)7-5-11/h4-8,13-14,19H,9H2,1-3H3,(H,17,18,21)/t13-,14+/m0/s1. The molecule has 0 spiro atoms. The van der Waals surface area contributed by atoms with Crippen molar-refractivity contribution in [3.8, 4) is 5.75 Å². The lowest BCUT2D eigenvalue weighted by molar-refractivity contribution is -0.120. The molecule has 0 saturated carbocycles. The van der Waals surface area contributed by atoms with Crippen molar-refractivity contribution >= 4 is 21.9 Å². The predicted molar refractivity (Wildman–Crippen MR) is 93.8 cm³/mol. The van der Waals surface area contributed by atoms with Crippen LogP contribution in [0.5, 0.6) is 5.75 Å². The highest BCUT2D eigenvalue weighted by atomic mass is 32.2. The van der Waals surface area contributed by atoms with Gasteiger partial charge in [-0.05, 0) is 31.0 Å². The summed E-state index contributed by atoms with van der Waals surface area (Å²) in [6.07, 6.45) is 0.269. The molecule has 1 aromatic heterocycles. The van der Waals surface area contributed by atoms with Crippen LogP contribution in [0.3, 0.4) is 0 Å². The minimum absolute atomic E-state index is 0.248. The van der Waals surface area contributed by atoms with Crippen LogP contribution in [-0.4, -0.2) is 44.0 Å². The number of carbonyl (C=O) groups is 1. The Morgan fingerprint density at radius 2 is 2.08 bits per heavy atom. The average Bonchev–Trinajstić information content (AvgIpc) is 3.02. The van der Waals surface area contributed by atoms with E-state index < -0.39 is 28.2 Å². The number of aromatic nitrogens is 1. The highest BCUT2D eigenvalue weighted by molar-refractivity contribution is 7.87. The van der Waals surface area contributed by atoms with Gasteiger partial charge in [-0.1, -0.05) is 17.3 Å². The summed E-state index contributed by atoms with van der Waals surface area (Å²) < 4.78 is 38.5. The Bertz CT molecular complexity index is 894. The Morgan fingerprint density at radius 3 is 2.65 bits per heavy atom. The number of carbonyl (C=O) groups excluding carboxylic acids is 1. The Kier molecular flexibility index (Phi) is 4.99.